The van der Waals surface area contributed by atoms with Crippen molar-refractivity contribution in [1.29, 1.82) is 0 Å². The Morgan fingerprint density at radius 1 is 1.00 bits per heavy atom. The summed E-state index contributed by atoms with van der Waals surface area (Å²) in [5, 5.41) is 1.93. The maximum absolute atomic E-state index is 14.1. The summed E-state index contributed by atoms with van der Waals surface area (Å²) in [6, 6.07) is 10.0. The molecular formula is C20H16F3NO2. The fourth-order valence-electron chi connectivity index (χ4n) is 3.42. The van der Waals surface area contributed by atoms with Gasteiger partial charge in [-0.2, -0.15) is 0 Å². The Bertz CT molecular complexity index is 1010. The average molecular weight is 359 g/mol. The lowest BCUT2D eigenvalue weighted by atomic mass is 9.90. The molecule has 0 unspecified atom stereocenters. The van der Waals surface area contributed by atoms with Gasteiger partial charge in [-0.3, -0.25) is 0 Å². The van der Waals surface area contributed by atoms with Gasteiger partial charge < -0.3 is 15.2 Å². The first kappa shape index (κ1) is 16.7. The average Bonchev–Trinajstić information content (AvgIpc) is 2.64. The molecule has 1 heterocycles. The SMILES string of the molecule is COc1ccc2c3c(ccc2c1)O[C@@H](c1cc(F)c(F)cc1F)[C@H](N)C3. The first-order valence-electron chi connectivity index (χ1n) is 8.14. The summed E-state index contributed by atoms with van der Waals surface area (Å²) in [4.78, 5) is 0. The second-order valence-electron chi connectivity index (χ2n) is 6.32. The molecule has 0 amide bonds. The van der Waals surface area contributed by atoms with Crippen LogP contribution in [0.15, 0.2) is 42.5 Å². The van der Waals surface area contributed by atoms with E-state index in [4.69, 9.17) is 15.2 Å². The molecule has 0 aliphatic carbocycles. The van der Waals surface area contributed by atoms with Crippen molar-refractivity contribution in [3.63, 3.8) is 0 Å². The standard InChI is InChI=1S/C20H16F3NO2/c1-25-11-3-4-12-10(6-11)2-5-19-13(12)8-18(24)20(26-19)14-7-16(22)17(23)9-15(14)21/h2-7,9,18,20H,8,24H2,1H3/t18-,20+/m1/s1. The molecule has 134 valence electrons. The molecule has 0 bridgehead atoms. The van der Waals surface area contributed by atoms with Crippen LogP contribution in [-0.4, -0.2) is 13.2 Å². The Morgan fingerprint density at radius 3 is 2.54 bits per heavy atom. The van der Waals surface area contributed by atoms with E-state index in [0.717, 1.165) is 28.2 Å². The minimum Gasteiger partial charge on any atom is -0.497 e. The van der Waals surface area contributed by atoms with Crippen LogP contribution in [0.3, 0.4) is 0 Å². The molecule has 6 heteroatoms. The molecular weight excluding hydrogens is 343 g/mol. The van der Waals surface area contributed by atoms with Gasteiger partial charge >= 0.3 is 0 Å². The minimum absolute atomic E-state index is 0.0862. The van der Waals surface area contributed by atoms with Crippen molar-refractivity contribution in [2.45, 2.75) is 18.6 Å². The van der Waals surface area contributed by atoms with Crippen LogP contribution in [0, 0.1) is 17.5 Å². The molecule has 0 saturated heterocycles. The summed E-state index contributed by atoms with van der Waals surface area (Å²) < 4.78 is 52.0. The highest BCUT2D eigenvalue weighted by atomic mass is 19.2. The quantitative estimate of drug-likeness (QED) is 0.695. The first-order valence-corrected chi connectivity index (χ1v) is 8.14. The smallest absolute Gasteiger partial charge is 0.161 e. The molecule has 1 aliphatic rings. The van der Waals surface area contributed by atoms with Crippen molar-refractivity contribution in [3.8, 4) is 11.5 Å². The van der Waals surface area contributed by atoms with Gasteiger partial charge in [0.15, 0.2) is 11.6 Å². The van der Waals surface area contributed by atoms with E-state index in [1.54, 1.807) is 13.2 Å². The number of halogens is 3. The van der Waals surface area contributed by atoms with E-state index in [1.165, 1.54) is 0 Å². The number of methoxy groups -OCH3 is 1. The first-order chi connectivity index (χ1) is 12.5. The van der Waals surface area contributed by atoms with E-state index in [2.05, 4.69) is 0 Å². The van der Waals surface area contributed by atoms with Crippen LogP contribution < -0.4 is 15.2 Å². The Kier molecular flexibility index (Phi) is 4.00. The van der Waals surface area contributed by atoms with Gasteiger partial charge in [-0.05, 0) is 41.5 Å². The lowest BCUT2D eigenvalue weighted by molar-refractivity contribution is 0.149. The van der Waals surface area contributed by atoms with Crippen LogP contribution in [0.25, 0.3) is 10.8 Å². The molecule has 0 saturated carbocycles. The maximum Gasteiger partial charge on any atom is 0.161 e. The lowest BCUT2D eigenvalue weighted by Crippen LogP contribution is -2.38. The van der Waals surface area contributed by atoms with Crippen LogP contribution in [0.4, 0.5) is 13.2 Å². The molecule has 0 radical (unpaired) electrons. The third kappa shape index (κ3) is 2.66. The number of nitrogens with two attached hydrogens (primary N) is 1. The fourth-order valence-corrected chi connectivity index (χ4v) is 3.42. The van der Waals surface area contributed by atoms with Crippen LogP contribution in [-0.2, 0) is 6.42 Å². The third-order valence-electron chi connectivity index (χ3n) is 4.72. The molecule has 3 aromatic rings. The summed E-state index contributed by atoms with van der Waals surface area (Å²) in [5.74, 6) is -1.96. The Labute approximate surface area is 148 Å². The second-order valence-corrected chi connectivity index (χ2v) is 6.32. The molecule has 2 atom stereocenters. The lowest BCUT2D eigenvalue weighted by Gasteiger charge is -2.32. The normalized spacial score (nSPS) is 19.1. The van der Waals surface area contributed by atoms with E-state index in [1.807, 2.05) is 24.3 Å². The molecule has 4 rings (SSSR count). The minimum atomic E-state index is -1.24. The molecule has 3 nitrogen and oxygen atoms in total. The second kappa shape index (κ2) is 6.21. The van der Waals surface area contributed by atoms with E-state index in [0.29, 0.717) is 18.2 Å². The van der Waals surface area contributed by atoms with Gasteiger partial charge in [0, 0.05) is 17.2 Å². The van der Waals surface area contributed by atoms with Crippen LogP contribution in [0.5, 0.6) is 11.5 Å². The molecule has 0 spiro atoms. The number of hydrogen-bond acceptors (Lipinski definition) is 3. The van der Waals surface area contributed by atoms with Gasteiger partial charge in [0.05, 0.1) is 13.2 Å². The van der Waals surface area contributed by atoms with Gasteiger partial charge in [-0.15, -0.1) is 0 Å². The number of hydrogen-bond donors (Lipinski definition) is 1. The Balaban J connectivity index is 1.77. The van der Waals surface area contributed by atoms with Crippen molar-refractivity contribution in [2.24, 2.45) is 5.73 Å². The van der Waals surface area contributed by atoms with Gasteiger partial charge in [0.25, 0.3) is 0 Å². The highest BCUT2D eigenvalue weighted by Crippen LogP contribution is 2.40. The zero-order chi connectivity index (χ0) is 18.4. The molecule has 0 aromatic heterocycles. The van der Waals surface area contributed by atoms with Gasteiger partial charge in [0.2, 0.25) is 0 Å². The fraction of sp³-hybridized carbons (Fsp3) is 0.200. The van der Waals surface area contributed by atoms with Crippen molar-refractivity contribution < 1.29 is 22.6 Å². The number of rotatable bonds is 2. The molecule has 26 heavy (non-hydrogen) atoms. The van der Waals surface area contributed by atoms with E-state index < -0.39 is 29.6 Å². The maximum atomic E-state index is 14.1. The summed E-state index contributed by atoms with van der Waals surface area (Å²) in [6.45, 7) is 0. The predicted molar refractivity (Wildman–Crippen MR) is 91.9 cm³/mol. The Morgan fingerprint density at radius 2 is 1.77 bits per heavy atom. The predicted octanol–water partition coefficient (Wildman–Crippen LogP) is 4.27. The highest BCUT2D eigenvalue weighted by molar-refractivity contribution is 5.89. The number of fused-ring (bicyclic) bond motifs is 3. The zero-order valence-electron chi connectivity index (χ0n) is 13.9. The van der Waals surface area contributed by atoms with Crippen LogP contribution in [0.2, 0.25) is 0 Å². The van der Waals surface area contributed by atoms with E-state index in [-0.39, 0.29) is 5.56 Å². The van der Waals surface area contributed by atoms with Crippen LogP contribution >= 0.6 is 0 Å². The van der Waals surface area contributed by atoms with Gasteiger partial charge in [-0.1, -0.05) is 12.1 Å². The number of benzene rings is 3. The number of ether oxygens (including phenoxy) is 2. The zero-order valence-corrected chi connectivity index (χ0v) is 13.9. The van der Waals surface area contributed by atoms with Gasteiger partial charge in [0.1, 0.15) is 23.4 Å². The van der Waals surface area contributed by atoms with E-state index >= 15 is 0 Å². The van der Waals surface area contributed by atoms with Gasteiger partial charge in [-0.25, -0.2) is 13.2 Å². The van der Waals surface area contributed by atoms with Crippen molar-refractivity contribution in [2.75, 3.05) is 7.11 Å². The molecule has 0 fully saturated rings. The third-order valence-corrected chi connectivity index (χ3v) is 4.72. The summed E-state index contributed by atoms with van der Waals surface area (Å²) >= 11 is 0. The molecule has 1 aliphatic heterocycles. The van der Waals surface area contributed by atoms with E-state index in [9.17, 15) is 13.2 Å². The topological polar surface area (TPSA) is 44.5 Å². The molecule has 2 N–H and O–H groups in total. The monoisotopic (exact) mass is 359 g/mol. The van der Waals surface area contributed by atoms with Crippen molar-refractivity contribution in [3.05, 3.63) is 71.0 Å². The van der Waals surface area contributed by atoms with Crippen LogP contribution in [0.1, 0.15) is 17.2 Å². The van der Waals surface area contributed by atoms with Crippen molar-refractivity contribution >= 4 is 10.8 Å². The highest BCUT2D eigenvalue weighted by Gasteiger charge is 2.32. The summed E-state index contributed by atoms with van der Waals surface area (Å²) in [6.07, 6.45) is -0.476. The van der Waals surface area contributed by atoms with Crippen molar-refractivity contribution in [1.82, 2.24) is 0 Å². The molecule has 3 aromatic carbocycles. The summed E-state index contributed by atoms with van der Waals surface area (Å²) in [5.41, 5.74) is 7.01. The Hall–Kier alpha value is -2.73. The summed E-state index contributed by atoms with van der Waals surface area (Å²) in [7, 11) is 1.60. The largest absolute Gasteiger partial charge is 0.497 e.